The maximum Gasteiger partial charge on any atom is 0.254 e. The van der Waals surface area contributed by atoms with E-state index in [2.05, 4.69) is 22.3 Å². The van der Waals surface area contributed by atoms with Crippen molar-refractivity contribution in [2.24, 2.45) is 0 Å². The number of hydrogen-bond acceptors (Lipinski definition) is 4. The largest absolute Gasteiger partial charge is 0.339 e. The van der Waals surface area contributed by atoms with E-state index < -0.39 is 0 Å². The van der Waals surface area contributed by atoms with Crippen LogP contribution < -0.4 is 0 Å². The van der Waals surface area contributed by atoms with Crippen LogP contribution in [-0.4, -0.2) is 27.5 Å². The predicted molar refractivity (Wildman–Crippen MR) is 87.8 cm³/mol. The lowest BCUT2D eigenvalue weighted by molar-refractivity contribution is 0.0728. The second kappa shape index (κ2) is 5.43. The molecule has 0 N–H and O–H groups in total. The lowest BCUT2D eigenvalue weighted by Gasteiger charge is -2.22. The molecule has 5 nitrogen and oxygen atoms in total. The van der Waals surface area contributed by atoms with Crippen LogP contribution in [0.1, 0.15) is 77.3 Å². The number of carbonyl (C=O) groups is 1. The summed E-state index contributed by atoms with van der Waals surface area (Å²) in [6.45, 7) is 0.772. The normalized spacial score (nSPS) is 22.8. The zero-order valence-corrected chi connectivity index (χ0v) is 13.7. The SMILES string of the molecule is O=C(c1ccc2c(c1)CCC2)N1CCC[C@H]1c1noc(C2CC2)n1. The van der Waals surface area contributed by atoms with Crippen LogP contribution in [0.15, 0.2) is 22.7 Å². The van der Waals surface area contributed by atoms with E-state index in [1.165, 1.54) is 17.5 Å². The smallest absolute Gasteiger partial charge is 0.254 e. The summed E-state index contributed by atoms with van der Waals surface area (Å²) < 4.78 is 5.40. The third-order valence-corrected chi connectivity index (χ3v) is 5.54. The average Bonchev–Trinajstić information content (AvgIpc) is 3.06. The predicted octanol–water partition coefficient (Wildman–Crippen LogP) is 3.41. The molecule has 1 aliphatic heterocycles. The Morgan fingerprint density at radius 1 is 1.12 bits per heavy atom. The Labute approximate surface area is 141 Å². The minimum absolute atomic E-state index is 0.0398. The van der Waals surface area contributed by atoms with Gasteiger partial charge in [-0.2, -0.15) is 4.98 Å². The number of aromatic nitrogens is 2. The molecule has 3 aliphatic rings. The van der Waals surface area contributed by atoms with Crippen molar-refractivity contribution in [3.05, 3.63) is 46.6 Å². The fourth-order valence-electron chi connectivity index (χ4n) is 4.03. The molecule has 0 bridgehead atoms. The van der Waals surface area contributed by atoms with Crippen molar-refractivity contribution in [2.45, 2.75) is 56.9 Å². The summed E-state index contributed by atoms with van der Waals surface area (Å²) in [7, 11) is 0. The van der Waals surface area contributed by atoms with Crippen molar-refractivity contribution in [2.75, 3.05) is 6.54 Å². The molecule has 1 aromatic carbocycles. The molecule has 2 aliphatic carbocycles. The molecule has 0 radical (unpaired) electrons. The van der Waals surface area contributed by atoms with Gasteiger partial charge in [0.25, 0.3) is 5.91 Å². The molecular formula is C19H21N3O2. The van der Waals surface area contributed by atoms with Crippen LogP contribution in [-0.2, 0) is 12.8 Å². The Morgan fingerprint density at radius 2 is 2.00 bits per heavy atom. The fraction of sp³-hybridized carbons (Fsp3) is 0.526. The molecule has 24 heavy (non-hydrogen) atoms. The van der Waals surface area contributed by atoms with Gasteiger partial charge < -0.3 is 9.42 Å². The molecule has 1 saturated heterocycles. The Hall–Kier alpha value is -2.17. The molecule has 124 valence electrons. The average molecular weight is 323 g/mol. The maximum absolute atomic E-state index is 13.0. The van der Waals surface area contributed by atoms with Crippen LogP contribution >= 0.6 is 0 Å². The number of fused-ring (bicyclic) bond motifs is 1. The topological polar surface area (TPSA) is 59.2 Å². The number of likely N-dealkylation sites (tertiary alicyclic amines) is 1. The summed E-state index contributed by atoms with van der Waals surface area (Å²) in [5.74, 6) is 1.99. The van der Waals surface area contributed by atoms with Crippen molar-refractivity contribution in [1.29, 1.82) is 0 Å². The van der Waals surface area contributed by atoms with E-state index in [0.29, 0.717) is 11.7 Å². The highest BCUT2D eigenvalue weighted by molar-refractivity contribution is 5.95. The number of nitrogens with zero attached hydrogens (tertiary/aromatic N) is 3. The molecule has 1 saturated carbocycles. The molecular weight excluding hydrogens is 302 g/mol. The van der Waals surface area contributed by atoms with E-state index in [1.54, 1.807) is 0 Å². The van der Waals surface area contributed by atoms with Gasteiger partial charge in [0.05, 0.1) is 6.04 Å². The first-order chi connectivity index (χ1) is 11.8. The van der Waals surface area contributed by atoms with Crippen LogP contribution in [0.3, 0.4) is 0 Å². The molecule has 1 amide bonds. The van der Waals surface area contributed by atoms with E-state index in [1.807, 2.05) is 11.0 Å². The van der Waals surface area contributed by atoms with E-state index >= 15 is 0 Å². The van der Waals surface area contributed by atoms with Crippen molar-refractivity contribution in [1.82, 2.24) is 15.0 Å². The first-order valence-electron chi connectivity index (χ1n) is 9.06. The quantitative estimate of drug-likeness (QED) is 0.868. The molecule has 0 spiro atoms. The lowest BCUT2D eigenvalue weighted by Crippen LogP contribution is -2.31. The molecule has 2 heterocycles. The summed E-state index contributed by atoms with van der Waals surface area (Å²) in [4.78, 5) is 19.5. The monoisotopic (exact) mass is 323 g/mol. The van der Waals surface area contributed by atoms with Crippen molar-refractivity contribution in [3.63, 3.8) is 0 Å². The van der Waals surface area contributed by atoms with Crippen LogP contribution in [0.4, 0.5) is 0 Å². The molecule has 2 fully saturated rings. The van der Waals surface area contributed by atoms with Crippen LogP contribution in [0.2, 0.25) is 0 Å². The maximum atomic E-state index is 13.0. The Morgan fingerprint density at radius 3 is 2.88 bits per heavy atom. The first-order valence-corrected chi connectivity index (χ1v) is 9.06. The Kier molecular flexibility index (Phi) is 3.21. The zero-order valence-electron chi connectivity index (χ0n) is 13.7. The van der Waals surface area contributed by atoms with Gasteiger partial charge in [0.15, 0.2) is 5.82 Å². The van der Waals surface area contributed by atoms with E-state index in [4.69, 9.17) is 4.52 Å². The van der Waals surface area contributed by atoms with Crippen molar-refractivity contribution in [3.8, 4) is 0 Å². The van der Waals surface area contributed by atoms with Crippen molar-refractivity contribution >= 4 is 5.91 Å². The summed E-state index contributed by atoms with van der Waals surface area (Å²) >= 11 is 0. The van der Waals surface area contributed by atoms with Gasteiger partial charge in [0.2, 0.25) is 5.89 Å². The van der Waals surface area contributed by atoms with E-state index in [0.717, 1.165) is 56.5 Å². The molecule has 5 rings (SSSR count). The molecule has 0 unspecified atom stereocenters. The third kappa shape index (κ3) is 2.34. The number of rotatable bonds is 3. The highest BCUT2D eigenvalue weighted by atomic mass is 16.5. The summed E-state index contributed by atoms with van der Waals surface area (Å²) in [5, 5.41) is 4.16. The van der Waals surface area contributed by atoms with Gasteiger partial charge in [-0.05, 0) is 68.2 Å². The lowest BCUT2D eigenvalue weighted by atomic mass is 10.1. The van der Waals surface area contributed by atoms with E-state index in [9.17, 15) is 4.79 Å². The van der Waals surface area contributed by atoms with Gasteiger partial charge in [0.1, 0.15) is 0 Å². The number of hydrogen-bond donors (Lipinski definition) is 0. The molecule has 1 atom stereocenters. The summed E-state index contributed by atoms with van der Waals surface area (Å²) in [6, 6.07) is 6.15. The summed E-state index contributed by atoms with van der Waals surface area (Å²) in [5.41, 5.74) is 3.54. The van der Waals surface area contributed by atoms with E-state index in [-0.39, 0.29) is 11.9 Å². The van der Waals surface area contributed by atoms with Crippen LogP contribution in [0, 0.1) is 0 Å². The zero-order chi connectivity index (χ0) is 16.1. The first kappa shape index (κ1) is 14.2. The second-order valence-corrected chi connectivity index (χ2v) is 7.26. The summed E-state index contributed by atoms with van der Waals surface area (Å²) in [6.07, 6.45) is 7.63. The number of benzene rings is 1. The third-order valence-electron chi connectivity index (χ3n) is 5.54. The Bertz CT molecular complexity index is 794. The van der Waals surface area contributed by atoms with Gasteiger partial charge >= 0.3 is 0 Å². The second-order valence-electron chi connectivity index (χ2n) is 7.26. The fourth-order valence-corrected chi connectivity index (χ4v) is 4.03. The van der Waals surface area contributed by atoms with Gasteiger partial charge in [0, 0.05) is 18.0 Å². The van der Waals surface area contributed by atoms with Crippen LogP contribution in [0.5, 0.6) is 0 Å². The Balaban J connectivity index is 1.40. The number of amides is 1. The molecule has 1 aromatic heterocycles. The highest BCUT2D eigenvalue weighted by Gasteiger charge is 2.36. The molecule has 2 aromatic rings. The van der Waals surface area contributed by atoms with Crippen LogP contribution in [0.25, 0.3) is 0 Å². The van der Waals surface area contributed by atoms with Gasteiger partial charge in [-0.1, -0.05) is 11.2 Å². The minimum atomic E-state index is -0.0398. The standard InChI is InChI=1S/C19H21N3O2/c23-19(15-9-6-12-3-1-4-14(12)11-15)22-10-2-5-16(22)17-20-18(24-21-17)13-7-8-13/h6,9,11,13,16H,1-5,7-8,10H2/t16-/m0/s1. The molecule has 5 heteroatoms. The number of carbonyl (C=O) groups excluding carboxylic acids is 1. The number of aryl methyl sites for hydroxylation is 2. The highest BCUT2D eigenvalue weighted by Crippen LogP contribution is 2.40. The van der Waals surface area contributed by atoms with Gasteiger partial charge in [-0.25, -0.2) is 0 Å². The minimum Gasteiger partial charge on any atom is -0.339 e. The van der Waals surface area contributed by atoms with Crippen molar-refractivity contribution < 1.29 is 9.32 Å². The van der Waals surface area contributed by atoms with Gasteiger partial charge in [-0.3, -0.25) is 4.79 Å². The van der Waals surface area contributed by atoms with Gasteiger partial charge in [-0.15, -0.1) is 0 Å².